The fourth-order valence-corrected chi connectivity index (χ4v) is 2.03. The van der Waals surface area contributed by atoms with Crippen molar-refractivity contribution in [2.45, 2.75) is 33.2 Å². The van der Waals surface area contributed by atoms with Gasteiger partial charge in [-0.1, -0.05) is 18.5 Å². The topological polar surface area (TPSA) is 89.0 Å². The monoisotopic (exact) mass is 355 g/mol. The molecule has 0 unspecified atom stereocenters. The predicted octanol–water partition coefficient (Wildman–Crippen LogP) is 2.11. The number of hydrazone groups is 1. The van der Waals surface area contributed by atoms with Crippen LogP contribution in [0.4, 0.5) is 0 Å². The Balaban J connectivity index is 2.77. The van der Waals surface area contributed by atoms with E-state index in [0.29, 0.717) is 28.7 Å². The molecule has 0 aromatic heterocycles. The van der Waals surface area contributed by atoms with Crippen molar-refractivity contribution in [3.63, 3.8) is 0 Å². The van der Waals surface area contributed by atoms with Gasteiger partial charge >= 0.3 is 11.8 Å². The molecule has 0 fully saturated rings. The Morgan fingerprint density at radius 1 is 1.33 bits per heavy atom. The van der Waals surface area contributed by atoms with Gasteiger partial charge in [0, 0.05) is 6.04 Å². The van der Waals surface area contributed by atoms with Crippen LogP contribution >= 0.6 is 11.6 Å². The molecule has 8 heteroatoms. The Labute approximate surface area is 146 Å². The van der Waals surface area contributed by atoms with E-state index in [1.165, 1.54) is 13.3 Å². The van der Waals surface area contributed by atoms with Crippen LogP contribution in [0.1, 0.15) is 32.8 Å². The van der Waals surface area contributed by atoms with Crippen molar-refractivity contribution in [1.29, 1.82) is 0 Å². The first-order valence-corrected chi connectivity index (χ1v) is 7.94. The molecule has 0 heterocycles. The molecule has 24 heavy (non-hydrogen) atoms. The minimum atomic E-state index is -0.837. The minimum Gasteiger partial charge on any atom is -0.491 e. The molecular weight excluding hydrogens is 334 g/mol. The van der Waals surface area contributed by atoms with Crippen LogP contribution in [0, 0.1) is 0 Å². The largest absolute Gasteiger partial charge is 0.491 e. The van der Waals surface area contributed by atoms with Crippen LogP contribution in [0.25, 0.3) is 0 Å². The molecule has 7 nitrogen and oxygen atoms in total. The van der Waals surface area contributed by atoms with E-state index in [1.807, 2.05) is 20.8 Å². The first-order chi connectivity index (χ1) is 11.4. The number of amides is 2. The number of carbonyl (C=O) groups is 2. The molecule has 0 radical (unpaired) electrons. The lowest BCUT2D eigenvalue weighted by atomic mass is 10.2. The maximum absolute atomic E-state index is 11.6. The van der Waals surface area contributed by atoms with E-state index < -0.39 is 11.8 Å². The molecule has 1 aromatic rings. The lowest BCUT2D eigenvalue weighted by molar-refractivity contribution is -0.139. The molecule has 2 amide bonds. The van der Waals surface area contributed by atoms with Crippen molar-refractivity contribution < 1.29 is 19.1 Å². The van der Waals surface area contributed by atoms with Gasteiger partial charge in [-0.3, -0.25) is 9.59 Å². The smallest absolute Gasteiger partial charge is 0.329 e. The quantitative estimate of drug-likeness (QED) is 0.445. The molecule has 0 aliphatic carbocycles. The van der Waals surface area contributed by atoms with Crippen molar-refractivity contribution in [3.05, 3.63) is 22.7 Å². The van der Waals surface area contributed by atoms with Gasteiger partial charge in [-0.25, -0.2) is 5.43 Å². The molecule has 0 saturated heterocycles. The first kappa shape index (κ1) is 19.8. The van der Waals surface area contributed by atoms with Crippen LogP contribution < -0.4 is 20.2 Å². The molecule has 132 valence electrons. The Morgan fingerprint density at radius 3 is 2.62 bits per heavy atom. The maximum atomic E-state index is 11.6. The summed E-state index contributed by atoms with van der Waals surface area (Å²) in [7, 11) is 1.49. The van der Waals surface area contributed by atoms with Crippen molar-refractivity contribution in [1.82, 2.24) is 10.7 Å². The molecule has 1 aromatic carbocycles. The van der Waals surface area contributed by atoms with Gasteiger partial charge < -0.3 is 14.8 Å². The van der Waals surface area contributed by atoms with Crippen LogP contribution in [-0.4, -0.2) is 37.8 Å². The second kappa shape index (κ2) is 9.77. The maximum Gasteiger partial charge on any atom is 0.329 e. The highest BCUT2D eigenvalue weighted by Gasteiger charge is 2.14. The fraction of sp³-hybridized carbons (Fsp3) is 0.438. The number of nitrogens with zero attached hydrogens (tertiary/aromatic N) is 1. The highest BCUT2D eigenvalue weighted by Crippen LogP contribution is 2.35. The van der Waals surface area contributed by atoms with E-state index in [9.17, 15) is 9.59 Å². The van der Waals surface area contributed by atoms with Crippen molar-refractivity contribution in [2.75, 3.05) is 13.7 Å². The second-order valence-electron chi connectivity index (χ2n) is 4.95. The lowest BCUT2D eigenvalue weighted by Gasteiger charge is -2.11. The van der Waals surface area contributed by atoms with Crippen molar-refractivity contribution in [2.24, 2.45) is 5.10 Å². The summed E-state index contributed by atoms with van der Waals surface area (Å²) >= 11 is 6.12. The van der Waals surface area contributed by atoms with Crippen LogP contribution in [0.3, 0.4) is 0 Å². The van der Waals surface area contributed by atoms with Crippen LogP contribution in [0.2, 0.25) is 5.02 Å². The van der Waals surface area contributed by atoms with E-state index in [1.54, 1.807) is 12.1 Å². The number of hydrogen-bond donors (Lipinski definition) is 2. The highest BCUT2D eigenvalue weighted by molar-refractivity contribution is 6.35. The average Bonchev–Trinajstić information content (AvgIpc) is 2.54. The molecule has 0 spiro atoms. The molecule has 1 rings (SSSR count). The zero-order chi connectivity index (χ0) is 18.1. The number of nitrogens with one attached hydrogen (secondary N) is 2. The summed E-state index contributed by atoms with van der Waals surface area (Å²) < 4.78 is 10.6. The van der Waals surface area contributed by atoms with E-state index in [4.69, 9.17) is 21.1 Å². The average molecular weight is 356 g/mol. The number of benzene rings is 1. The Hall–Kier alpha value is -2.28. The van der Waals surface area contributed by atoms with E-state index in [0.717, 1.165) is 6.42 Å². The number of ether oxygens (including phenoxy) is 2. The SMILES string of the molecule is CCOc1cc(/C=N\NC(=O)C(=O)N[C@H](C)CC)cc(Cl)c1OC. The predicted molar refractivity (Wildman–Crippen MR) is 92.8 cm³/mol. The zero-order valence-corrected chi connectivity index (χ0v) is 14.9. The van der Waals surface area contributed by atoms with Gasteiger partial charge in [0.1, 0.15) is 0 Å². The molecule has 0 aliphatic heterocycles. The third kappa shape index (κ3) is 5.73. The molecule has 0 saturated carbocycles. The van der Waals surface area contributed by atoms with Crippen molar-refractivity contribution in [3.8, 4) is 11.5 Å². The number of rotatable bonds is 7. The number of carbonyl (C=O) groups excluding carboxylic acids is 2. The van der Waals surface area contributed by atoms with Crippen molar-refractivity contribution >= 4 is 29.6 Å². The van der Waals surface area contributed by atoms with Crippen LogP contribution in [-0.2, 0) is 9.59 Å². The summed E-state index contributed by atoms with van der Waals surface area (Å²) in [4.78, 5) is 23.2. The third-order valence-corrected chi connectivity index (χ3v) is 3.39. The van der Waals surface area contributed by atoms with Gasteiger partial charge in [0.2, 0.25) is 0 Å². The molecule has 2 N–H and O–H groups in total. The zero-order valence-electron chi connectivity index (χ0n) is 14.2. The van der Waals surface area contributed by atoms with E-state index >= 15 is 0 Å². The molecule has 1 atom stereocenters. The first-order valence-electron chi connectivity index (χ1n) is 7.57. The number of methoxy groups -OCH3 is 1. The van der Waals surface area contributed by atoms with Crippen LogP contribution in [0.15, 0.2) is 17.2 Å². The normalized spacial score (nSPS) is 11.9. The lowest BCUT2D eigenvalue weighted by Crippen LogP contribution is -2.41. The molecular formula is C16H22ClN3O4. The Bertz CT molecular complexity index is 620. The standard InChI is InChI=1S/C16H22ClN3O4/c1-5-10(3)19-15(21)16(22)20-18-9-11-7-12(17)14(23-4)13(8-11)24-6-2/h7-10H,5-6H2,1-4H3,(H,19,21)(H,20,22)/b18-9-/t10-/m1/s1. The number of halogens is 1. The van der Waals surface area contributed by atoms with Gasteiger partial charge in [-0.05, 0) is 38.0 Å². The summed E-state index contributed by atoms with van der Waals surface area (Å²) in [5, 5.41) is 6.65. The molecule has 0 aliphatic rings. The highest BCUT2D eigenvalue weighted by atomic mass is 35.5. The summed E-state index contributed by atoms with van der Waals surface area (Å²) in [6.45, 7) is 6.00. The minimum absolute atomic E-state index is 0.0821. The van der Waals surface area contributed by atoms with Gasteiger partial charge in [0.25, 0.3) is 0 Å². The van der Waals surface area contributed by atoms with E-state index in [2.05, 4.69) is 15.8 Å². The summed E-state index contributed by atoms with van der Waals surface area (Å²) in [6, 6.07) is 3.20. The van der Waals surface area contributed by atoms with Gasteiger partial charge in [0.05, 0.1) is 25.0 Å². The Kier molecular flexibility index (Phi) is 8.05. The third-order valence-electron chi connectivity index (χ3n) is 3.11. The van der Waals surface area contributed by atoms with Gasteiger partial charge in [-0.15, -0.1) is 0 Å². The van der Waals surface area contributed by atoms with Crippen LogP contribution in [0.5, 0.6) is 11.5 Å². The Morgan fingerprint density at radius 2 is 2.04 bits per heavy atom. The second-order valence-corrected chi connectivity index (χ2v) is 5.36. The summed E-state index contributed by atoms with van der Waals surface area (Å²) in [6.07, 6.45) is 2.09. The van der Waals surface area contributed by atoms with Gasteiger partial charge in [0.15, 0.2) is 11.5 Å². The fourth-order valence-electron chi connectivity index (χ4n) is 1.73. The number of hydrogen-bond acceptors (Lipinski definition) is 5. The summed E-state index contributed by atoms with van der Waals surface area (Å²) in [5.74, 6) is -0.678. The van der Waals surface area contributed by atoms with Gasteiger partial charge in [-0.2, -0.15) is 5.10 Å². The van der Waals surface area contributed by atoms with E-state index in [-0.39, 0.29) is 6.04 Å². The molecule has 0 bridgehead atoms. The summed E-state index contributed by atoms with van der Waals surface area (Å²) in [5.41, 5.74) is 2.75.